The van der Waals surface area contributed by atoms with E-state index >= 15 is 0 Å². The number of hydrogen-bond acceptors (Lipinski definition) is 2. The van der Waals surface area contributed by atoms with Gasteiger partial charge in [-0.25, -0.2) is 0 Å². The van der Waals surface area contributed by atoms with E-state index in [0.29, 0.717) is 42.2 Å². The highest BCUT2D eigenvalue weighted by atomic mass is 16.1. The molecule has 5 unspecified atom stereocenters. The molecule has 3 fully saturated rings. The van der Waals surface area contributed by atoms with Gasteiger partial charge in [0.1, 0.15) is 0 Å². The number of allylic oxidation sites excluding steroid dienone is 2. The van der Waals surface area contributed by atoms with Gasteiger partial charge in [-0.2, -0.15) is 0 Å². The predicted octanol–water partition coefficient (Wildman–Crippen LogP) is 4.25. The summed E-state index contributed by atoms with van der Waals surface area (Å²) >= 11 is 0. The highest BCUT2D eigenvalue weighted by Crippen LogP contribution is 2.65. The first-order valence-corrected chi connectivity index (χ1v) is 8.83. The van der Waals surface area contributed by atoms with Crippen LogP contribution in [0.5, 0.6) is 0 Å². The maximum Gasteiger partial charge on any atom is 0.159 e. The van der Waals surface area contributed by atoms with Gasteiger partial charge in [-0.1, -0.05) is 26.0 Å². The Kier molecular flexibility index (Phi) is 2.90. The first kappa shape index (κ1) is 14.4. The van der Waals surface area contributed by atoms with Gasteiger partial charge in [0.25, 0.3) is 0 Å². The van der Waals surface area contributed by atoms with Gasteiger partial charge in [0.2, 0.25) is 0 Å². The van der Waals surface area contributed by atoms with Crippen LogP contribution < -0.4 is 0 Å². The van der Waals surface area contributed by atoms with Crippen LogP contribution in [-0.4, -0.2) is 11.6 Å². The maximum absolute atomic E-state index is 12.3. The quantitative estimate of drug-likeness (QED) is 0.626. The molecule has 2 heteroatoms. The third-order valence-corrected chi connectivity index (χ3v) is 7.78. The lowest BCUT2D eigenvalue weighted by Gasteiger charge is -2.57. The van der Waals surface area contributed by atoms with E-state index in [9.17, 15) is 9.59 Å². The van der Waals surface area contributed by atoms with E-state index in [1.807, 2.05) is 6.08 Å². The van der Waals surface area contributed by atoms with Gasteiger partial charge in [-0.3, -0.25) is 9.59 Å². The Morgan fingerprint density at radius 2 is 1.82 bits per heavy atom. The van der Waals surface area contributed by atoms with Crippen molar-refractivity contribution in [3.63, 3.8) is 0 Å². The zero-order valence-corrected chi connectivity index (χ0v) is 13.8. The third-order valence-electron chi connectivity index (χ3n) is 7.78. The molecule has 0 aliphatic heterocycles. The van der Waals surface area contributed by atoms with E-state index in [1.54, 1.807) is 0 Å². The van der Waals surface area contributed by atoms with Gasteiger partial charge in [0.05, 0.1) is 0 Å². The van der Waals surface area contributed by atoms with Crippen LogP contribution in [0, 0.1) is 28.6 Å². The number of hydrogen-bond donors (Lipinski definition) is 0. The number of ketones is 2. The zero-order chi connectivity index (χ0) is 15.7. The molecule has 0 radical (unpaired) electrons. The largest absolute Gasteiger partial charge is 0.295 e. The van der Waals surface area contributed by atoms with Crippen LogP contribution in [-0.2, 0) is 9.59 Å². The molecule has 0 aromatic heterocycles. The first-order valence-electron chi connectivity index (χ1n) is 8.83. The summed E-state index contributed by atoms with van der Waals surface area (Å²) < 4.78 is 0. The van der Waals surface area contributed by atoms with Crippen molar-refractivity contribution in [2.75, 3.05) is 0 Å². The van der Waals surface area contributed by atoms with E-state index < -0.39 is 0 Å². The number of Topliss-reactive ketones (excluding diaryl/α,β-unsaturated/α-hetero) is 1. The summed E-state index contributed by atoms with van der Waals surface area (Å²) in [6.07, 6.45) is 8.87. The molecule has 22 heavy (non-hydrogen) atoms. The van der Waals surface area contributed by atoms with E-state index in [4.69, 9.17) is 0 Å². The Balaban J connectivity index is 1.72. The van der Waals surface area contributed by atoms with Crippen molar-refractivity contribution in [2.45, 2.75) is 58.8 Å². The Labute approximate surface area is 133 Å². The summed E-state index contributed by atoms with van der Waals surface area (Å²) in [4.78, 5) is 24.1. The van der Waals surface area contributed by atoms with E-state index in [1.165, 1.54) is 12.0 Å². The van der Waals surface area contributed by atoms with E-state index in [-0.39, 0.29) is 10.8 Å². The summed E-state index contributed by atoms with van der Waals surface area (Å²) in [7, 11) is 0. The van der Waals surface area contributed by atoms with Crippen molar-refractivity contribution >= 4 is 11.6 Å². The zero-order valence-electron chi connectivity index (χ0n) is 13.8. The van der Waals surface area contributed by atoms with E-state index in [0.717, 1.165) is 31.3 Å². The minimum atomic E-state index is 0.0420. The fourth-order valence-electron chi connectivity index (χ4n) is 6.27. The molecule has 0 aromatic carbocycles. The number of fused-ring (bicyclic) bond motifs is 5. The standard InChI is InChI=1S/C20H26O2/c1-12-18(22)11-17-15-5-4-13-10-14(21)6-8-20(13,3)16(15)7-9-19(12,17)2/h10,15-17H,1,4-9,11H2,2-3H3. The van der Waals surface area contributed by atoms with Crippen molar-refractivity contribution in [1.82, 2.24) is 0 Å². The average molecular weight is 298 g/mol. The molecule has 0 amide bonds. The summed E-state index contributed by atoms with van der Waals surface area (Å²) in [5, 5.41) is 0. The Bertz CT molecular complexity index is 613. The van der Waals surface area contributed by atoms with E-state index in [2.05, 4.69) is 20.4 Å². The number of carbonyl (C=O) groups excluding carboxylic acids is 2. The monoisotopic (exact) mass is 298 g/mol. The molecule has 0 heterocycles. The van der Waals surface area contributed by atoms with Gasteiger partial charge in [0.15, 0.2) is 11.6 Å². The normalized spacial score (nSPS) is 47.6. The summed E-state index contributed by atoms with van der Waals surface area (Å²) in [5.74, 6) is 2.39. The van der Waals surface area contributed by atoms with Crippen molar-refractivity contribution in [2.24, 2.45) is 28.6 Å². The van der Waals surface area contributed by atoms with Crippen molar-refractivity contribution in [3.8, 4) is 0 Å². The first-order chi connectivity index (χ1) is 10.4. The van der Waals surface area contributed by atoms with Crippen LogP contribution in [0.25, 0.3) is 0 Å². The van der Waals surface area contributed by atoms with Crippen molar-refractivity contribution in [1.29, 1.82) is 0 Å². The lowest BCUT2D eigenvalue weighted by Crippen LogP contribution is -2.49. The Morgan fingerprint density at radius 3 is 2.59 bits per heavy atom. The topological polar surface area (TPSA) is 34.1 Å². The molecule has 4 rings (SSSR count). The molecular weight excluding hydrogens is 272 g/mol. The molecular formula is C20H26O2. The third kappa shape index (κ3) is 1.67. The van der Waals surface area contributed by atoms with Gasteiger partial charge in [-0.05, 0) is 72.3 Å². The van der Waals surface area contributed by atoms with Crippen molar-refractivity contribution in [3.05, 3.63) is 23.8 Å². The summed E-state index contributed by atoms with van der Waals surface area (Å²) in [5.41, 5.74) is 2.53. The second kappa shape index (κ2) is 4.43. The number of rotatable bonds is 0. The molecule has 0 N–H and O–H groups in total. The minimum Gasteiger partial charge on any atom is -0.295 e. The van der Waals surface area contributed by atoms with Crippen molar-refractivity contribution < 1.29 is 9.59 Å². The second-order valence-electron chi connectivity index (χ2n) is 8.53. The highest BCUT2D eigenvalue weighted by molar-refractivity contribution is 5.99. The molecule has 0 spiro atoms. The molecule has 0 aromatic rings. The van der Waals surface area contributed by atoms with Gasteiger partial charge < -0.3 is 0 Å². The molecule has 0 saturated heterocycles. The average Bonchev–Trinajstić information content (AvgIpc) is 2.72. The predicted molar refractivity (Wildman–Crippen MR) is 86.2 cm³/mol. The van der Waals surface area contributed by atoms with Gasteiger partial charge in [-0.15, -0.1) is 0 Å². The van der Waals surface area contributed by atoms with Gasteiger partial charge >= 0.3 is 0 Å². The summed E-state index contributed by atoms with van der Waals surface area (Å²) in [6, 6.07) is 0. The SMILES string of the molecule is C=C1C(=O)CC2C3CCC4=CC(=O)CCC4(C)C3CCC12C. The smallest absolute Gasteiger partial charge is 0.159 e. The fourth-order valence-corrected chi connectivity index (χ4v) is 6.27. The lowest BCUT2D eigenvalue weighted by molar-refractivity contribution is -0.117. The van der Waals surface area contributed by atoms with Crippen LogP contribution in [0.1, 0.15) is 58.8 Å². The molecule has 5 atom stereocenters. The second-order valence-corrected chi connectivity index (χ2v) is 8.53. The Morgan fingerprint density at radius 1 is 1.05 bits per heavy atom. The maximum atomic E-state index is 12.3. The molecule has 118 valence electrons. The number of carbonyl (C=O) groups is 2. The van der Waals surface area contributed by atoms with Gasteiger partial charge in [0, 0.05) is 12.8 Å². The molecule has 0 bridgehead atoms. The highest BCUT2D eigenvalue weighted by Gasteiger charge is 2.59. The Hall–Kier alpha value is -1.18. The fraction of sp³-hybridized carbons (Fsp3) is 0.700. The molecule has 4 aliphatic carbocycles. The van der Waals surface area contributed by atoms with Crippen LogP contribution >= 0.6 is 0 Å². The summed E-state index contributed by atoms with van der Waals surface area (Å²) in [6.45, 7) is 8.79. The lowest BCUT2D eigenvalue weighted by atomic mass is 9.47. The van der Waals surface area contributed by atoms with Crippen LogP contribution in [0.3, 0.4) is 0 Å². The molecule has 3 saturated carbocycles. The van der Waals surface area contributed by atoms with Crippen LogP contribution in [0.2, 0.25) is 0 Å². The minimum absolute atomic E-state index is 0.0420. The molecule has 2 nitrogen and oxygen atoms in total. The molecule has 4 aliphatic rings. The van der Waals surface area contributed by atoms with Crippen LogP contribution in [0.15, 0.2) is 23.8 Å². The van der Waals surface area contributed by atoms with Crippen LogP contribution in [0.4, 0.5) is 0 Å².